The zero-order valence-electron chi connectivity index (χ0n) is 31.2. The molecule has 0 fully saturated rings. The van der Waals surface area contributed by atoms with Gasteiger partial charge in [-0.1, -0.05) is 176 Å². The molecule has 0 bridgehead atoms. The van der Waals surface area contributed by atoms with Gasteiger partial charge < -0.3 is 9.32 Å². The second kappa shape index (κ2) is 13.4. The van der Waals surface area contributed by atoms with E-state index in [0.29, 0.717) is 0 Å². The number of anilines is 3. The van der Waals surface area contributed by atoms with Crippen LogP contribution in [-0.2, 0) is 5.41 Å². The lowest BCUT2D eigenvalue weighted by atomic mass is 9.67. The van der Waals surface area contributed by atoms with Gasteiger partial charge in [-0.2, -0.15) is 0 Å². The van der Waals surface area contributed by atoms with Crippen molar-refractivity contribution in [2.45, 2.75) is 5.41 Å². The Morgan fingerprint density at radius 1 is 0.333 bits per heavy atom. The molecule has 2 nitrogen and oxygen atoms in total. The topological polar surface area (TPSA) is 16.4 Å². The van der Waals surface area contributed by atoms with Crippen LogP contribution in [0.15, 0.2) is 229 Å². The maximum absolute atomic E-state index is 6.16. The minimum absolute atomic E-state index is 0.505. The number of para-hydroxylation sites is 2. The Morgan fingerprint density at radius 2 is 0.895 bits per heavy atom. The van der Waals surface area contributed by atoms with Gasteiger partial charge in [-0.25, -0.2) is 0 Å². The second-order valence-electron chi connectivity index (χ2n) is 14.8. The third kappa shape index (κ3) is 5.26. The second-order valence-corrected chi connectivity index (χ2v) is 14.8. The average Bonchev–Trinajstić information content (AvgIpc) is 3.81. The lowest BCUT2D eigenvalue weighted by molar-refractivity contribution is 0.669. The van der Waals surface area contributed by atoms with Gasteiger partial charge in [0.15, 0.2) is 0 Å². The summed E-state index contributed by atoms with van der Waals surface area (Å²) in [6, 6.07) is 81.4. The lowest BCUT2D eigenvalue weighted by Crippen LogP contribution is -2.28. The maximum atomic E-state index is 6.16. The van der Waals surface area contributed by atoms with Crippen LogP contribution in [-0.4, -0.2) is 0 Å². The van der Waals surface area contributed by atoms with Gasteiger partial charge in [0.25, 0.3) is 0 Å². The molecule has 0 unspecified atom stereocenters. The average molecular weight is 728 g/mol. The summed E-state index contributed by atoms with van der Waals surface area (Å²) in [7, 11) is 0. The number of rotatable bonds is 7. The summed E-state index contributed by atoms with van der Waals surface area (Å²) in [5.74, 6) is 0. The molecule has 2 heteroatoms. The van der Waals surface area contributed by atoms with Crippen LogP contribution in [0.5, 0.6) is 0 Å². The van der Waals surface area contributed by atoms with Crippen LogP contribution in [0.25, 0.3) is 55.3 Å². The molecule has 57 heavy (non-hydrogen) atoms. The van der Waals surface area contributed by atoms with Crippen molar-refractivity contribution in [2.24, 2.45) is 0 Å². The van der Waals surface area contributed by atoms with Crippen molar-refractivity contribution >= 4 is 39.0 Å². The summed E-state index contributed by atoms with van der Waals surface area (Å²) in [4.78, 5) is 2.43. The Hall–Kier alpha value is -7.42. The van der Waals surface area contributed by atoms with Crippen LogP contribution in [0.2, 0.25) is 0 Å². The first kappa shape index (κ1) is 33.0. The van der Waals surface area contributed by atoms with E-state index in [4.69, 9.17) is 4.42 Å². The number of fused-ring (bicyclic) bond motifs is 6. The molecule has 1 aliphatic carbocycles. The number of furan rings is 1. The fourth-order valence-electron chi connectivity index (χ4n) is 9.24. The Kier molecular flexibility index (Phi) is 7.75. The van der Waals surface area contributed by atoms with E-state index >= 15 is 0 Å². The molecular weight excluding hydrogens is 691 g/mol. The summed E-state index contributed by atoms with van der Waals surface area (Å²) in [6.07, 6.45) is 0. The van der Waals surface area contributed by atoms with Crippen molar-refractivity contribution in [1.29, 1.82) is 0 Å². The summed E-state index contributed by atoms with van der Waals surface area (Å²) >= 11 is 0. The molecule has 11 rings (SSSR count). The quantitative estimate of drug-likeness (QED) is 0.163. The normalized spacial score (nSPS) is 12.7. The molecule has 1 heterocycles. The Morgan fingerprint density at radius 3 is 1.65 bits per heavy atom. The highest BCUT2D eigenvalue weighted by Crippen LogP contribution is 2.57. The van der Waals surface area contributed by atoms with Crippen LogP contribution < -0.4 is 4.90 Å². The highest BCUT2D eigenvalue weighted by Gasteiger charge is 2.46. The smallest absolute Gasteiger partial charge is 0.135 e. The van der Waals surface area contributed by atoms with E-state index in [-0.39, 0.29) is 0 Å². The van der Waals surface area contributed by atoms with Crippen molar-refractivity contribution in [1.82, 2.24) is 0 Å². The van der Waals surface area contributed by atoms with Crippen molar-refractivity contribution in [3.8, 4) is 33.4 Å². The first-order valence-corrected chi connectivity index (χ1v) is 19.6. The minimum atomic E-state index is -0.505. The molecule has 0 atom stereocenters. The van der Waals surface area contributed by atoms with E-state index in [9.17, 15) is 0 Å². The zero-order chi connectivity index (χ0) is 37.8. The van der Waals surface area contributed by atoms with E-state index < -0.39 is 5.41 Å². The van der Waals surface area contributed by atoms with Crippen LogP contribution >= 0.6 is 0 Å². The van der Waals surface area contributed by atoms with Crippen LogP contribution in [0.3, 0.4) is 0 Å². The fourth-order valence-corrected chi connectivity index (χ4v) is 9.24. The maximum Gasteiger partial charge on any atom is 0.135 e. The molecule has 0 aliphatic heterocycles. The van der Waals surface area contributed by atoms with Gasteiger partial charge >= 0.3 is 0 Å². The molecule has 0 saturated heterocycles. The molecule has 0 spiro atoms. The summed E-state index contributed by atoms with van der Waals surface area (Å²) < 4.78 is 6.16. The first-order chi connectivity index (χ1) is 28.3. The number of benzene rings is 9. The van der Waals surface area contributed by atoms with Crippen molar-refractivity contribution in [2.75, 3.05) is 4.90 Å². The predicted octanol–water partition coefficient (Wildman–Crippen LogP) is 14.8. The number of hydrogen-bond acceptors (Lipinski definition) is 2. The molecule has 1 aromatic heterocycles. The molecule has 0 amide bonds. The van der Waals surface area contributed by atoms with E-state index in [0.717, 1.165) is 50.1 Å². The van der Waals surface area contributed by atoms with Gasteiger partial charge in [0.2, 0.25) is 0 Å². The van der Waals surface area contributed by atoms with Crippen molar-refractivity contribution in [3.63, 3.8) is 0 Å². The summed E-state index contributed by atoms with van der Waals surface area (Å²) in [5.41, 5.74) is 16.9. The standard InChI is InChI=1S/C55H37NO/c1-4-16-39(17-5-1)45-22-11-14-26-52(45)56(43-31-28-38(29-32-43)40-30-35-54-49(36-40)48-24-12-15-27-53(48)57-54)44-33-34-47-46-23-10-13-25-50(46)55(51(47)37-44,41-18-6-2-7-19-41)42-20-8-3-9-21-42/h1-37H. The molecule has 268 valence electrons. The predicted molar refractivity (Wildman–Crippen MR) is 237 cm³/mol. The molecular formula is C55H37NO. The monoisotopic (exact) mass is 727 g/mol. The van der Waals surface area contributed by atoms with Gasteiger partial charge in [0.1, 0.15) is 11.2 Å². The van der Waals surface area contributed by atoms with Gasteiger partial charge in [-0.3, -0.25) is 0 Å². The first-order valence-electron chi connectivity index (χ1n) is 19.6. The Labute approximate surface area is 332 Å². The Bertz CT molecular complexity index is 3020. The van der Waals surface area contributed by atoms with Gasteiger partial charge in [-0.05, 0) is 98.6 Å². The molecule has 10 aromatic rings. The highest BCUT2D eigenvalue weighted by atomic mass is 16.3. The number of hydrogen-bond donors (Lipinski definition) is 0. The summed E-state index contributed by atoms with van der Waals surface area (Å²) in [6.45, 7) is 0. The minimum Gasteiger partial charge on any atom is -0.456 e. The van der Waals surface area contributed by atoms with Crippen LogP contribution in [0.4, 0.5) is 17.1 Å². The van der Waals surface area contributed by atoms with E-state index in [1.165, 1.54) is 44.5 Å². The third-order valence-electron chi connectivity index (χ3n) is 11.8. The van der Waals surface area contributed by atoms with Crippen LogP contribution in [0, 0.1) is 0 Å². The fraction of sp³-hybridized carbons (Fsp3) is 0.0182. The van der Waals surface area contributed by atoms with Gasteiger partial charge in [0.05, 0.1) is 11.1 Å². The Balaban J connectivity index is 1.12. The van der Waals surface area contributed by atoms with E-state index in [2.05, 4.69) is 217 Å². The zero-order valence-corrected chi connectivity index (χ0v) is 31.2. The van der Waals surface area contributed by atoms with Gasteiger partial charge in [0, 0.05) is 27.7 Å². The van der Waals surface area contributed by atoms with Crippen LogP contribution in [0.1, 0.15) is 22.3 Å². The molecule has 1 aliphatic rings. The van der Waals surface area contributed by atoms with E-state index in [1.807, 2.05) is 12.1 Å². The number of nitrogens with zero attached hydrogens (tertiary/aromatic N) is 1. The summed E-state index contributed by atoms with van der Waals surface area (Å²) in [5, 5.41) is 2.26. The highest BCUT2D eigenvalue weighted by molar-refractivity contribution is 6.06. The van der Waals surface area contributed by atoms with Gasteiger partial charge in [-0.15, -0.1) is 0 Å². The largest absolute Gasteiger partial charge is 0.456 e. The molecule has 0 N–H and O–H groups in total. The lowest BCUT2D eigenvalue weighted by Gasteiger charge is -2.35. The molecule has 9 aromatic carbocycles. The SMILES string of the molecule is c1ccc(-c2ccccc2N(c2ccc(-c3ccc4oc5ccccc5c4c3)cc2)c2ccc3c(c2)C(c2ccccc2)(c2ccccc2)c2ccccc2-3)cc1. The van der Waals surface area contributed by atoms with Crippen molar-refractivity contribution < 1.29 is 4.42 Å². The van der Waals surface area contributed by atoms with E-state index in [1.54, 1.807) is 0 Å². The molecule has 0 saturated carbocycles. The van der Waals surface area contributed by atoms with Crippen molar-refractivity contribution in [3.05, 3.63) is 247 Å². The molecule has 0 radical (unpaired) electrons. The third-order valence-corrected chi connectivity index (χ3v) is 11.8.